The maximum atomic E-state index is 12.5. The van der Waals surface area contributed by atoms with Gasteiger partial charge in [-0.3, -0.25) is 4.79 Å². The van der Waals surface area contributed by atoms with E-state index < -0.39 is 0 Å². The number of amides is 1. The molecule has 0 atom stereocenters. The van der Waals surface area contributed by atoms with Crippen LogP contribution >= 0.6 is 0 Å². The highest BCUT2D eigenvalue weighted by Gasteiger charge is 2.11. The second-order valence-corrected chi connectivity index (χ2v) is 6.30. The molecule has 5 nitrogen and oxygen atoms in total. The summed E-state index contributed by atoms with van der Waals surface area (Å²) in [5, 5.41) is 2.94. The van der Waals surface area contributed by atoms with Crippen LogP contribution < -0.4 is 10.1 Å². The summed E-state index contributed by atoms with van der Waals surface area (Å²) in [6.07, 6.45) is 3.96. The van der Waals surface area contributed by atoms with Crippen LogP contribution in [0.2, 0.25) is 0 Å². The molecule has 2 aromatic carbocycles. The number of fused-ring (bicyclic) bond motifs is 1. The zero-order valence-corrected chi connectivity index (χ0v) is 15.1. The van der Waals surface area contributed by atoms with Crippen LogP contribution in [0.1, 0.15) is 15.9 Å². The van der Waals surface area contributed by atoms with E-state index in [0.29, 0.717) is 5.56 Å². The first kappa shape index (κ1) is 16.8. The third-order valence-corrected chi connectivity index (χ3v) is 4.48. The van der Waals surface area contributed by atoms with Gasteiger partial charge in [-0.15, -0.1) is 0 Å². The summed E-state index contributed by atoms with van der Waals surface area (Å²) in [4.78, 5) is 17.2. The smallest absolute Gasteiger partial charge is 0.255 e. The number of benzene rings is 2. The van der Waals surface area contributed by atoms with Crippen LogP contribution in [0.15, 0.2) is 73.1 Å². The molecule has 0 aliphatic carbocycles. The number of methoxy groups -OCH3 is 1. The van der Waals surface area contributed by atoms with Crippen LogP contribution in [0.5, 0.6) is 5.75 Å². The van der Waals surface area contributed by atoms with Crippen molar-refractivity contribution < 1.29 is 9.53 Å². The molecule has 4 aromatic rings. The number of aromatic nitrogens is 2. The third-order valence-electron chi connectivity index (χ3n) is 4.48. The molecule has 0 fully saturated rings. The lowest BCUT2D eigenvalue weighted by atomic mass is 10.1. The highest BCUT2D eigenvalue weighted by atomic mass is 16.5. The Morgan fingerprint density at radius 1 is 1.07 bits per heavy atom. The molecule has 1 N–H and O–H groups in total. The summed E-state index contributed by atoms with van der Waals surface area (Å²) in [5.41, 5.74) is 5.03. The van der Waals surface area contributed by atoms with Crippen LogP contribution in [-0.4, -0.2) is 22.4 Å². The minimum absolute atomic E-state index is 0.143. The van der Waals surface area contributed by atoms with Gasteiger partial charge in [-0.25, -0.2) is 4.98 Å². The summed E-state index contributed by atoms with van der Waals surface area (Å²) in [7, 11) is 1.61. The predicted molar refractivity (Wildman–Crippen MR) is 106 cm³/mol. The molecule has 1 amide bonds. The van der Waals surface area contributed by atoms with Crippen molar-refractivity contribution in [3.8, 4) is 17.0 Å². The zero-order valence-electron chi connectivity index (χ0n) is 15.1. The van der Waals surface area contributed by atoms with Gasteiger partial charge in [0.05, 0.1) is 12.8 Å². The Hall–Kier alpha value is -3.60. The molecule has 5 heteroatoms. The van der Waals surface area contributed by atoms with Crippen LogP contribution in [0.3, 0.4) is 0 Å². The van der Waals surface area contributed by atoms with E-state index in [4.69, 9.17) is 4.74 Å². The van der Waals surface area contributed by atoms with Gasteiger partial charge >= 0.3 is 0 Å². The van der Waals surface area contributed by atoms with Crippen LogP contribution in [0.4, 0.5) is 5.69 Å². The minimum atomic E-state index is -0.143. The summed E-state index contributed by atoms with van der Waals surface area (Å²) in [6.45, 7) is 1.89. The van der Waals surface area contributed by atoms with Gasteiger partial charge in [-0.2, -0.15) is 0 Å². The molecule has 0 saturated heterocycles. The Balaban J connectivity index is 1.53. The van der Waals surface area contributed by atoms with E-state index >= 15 is 0 Å². The largest absolute Gasteiger partial charge is 0.497 e. The first-order valence-corrected chi connectivity index (χ1v) is 8.64. The van der Waals surface area contributed by atoms with E-state index in [0.717, 1.165) is 33.9 Å². The molecule has 2 heterocycles. The highest BCUT2D eigenvalue weighted by Crippen LogP contribution is 2.22. The summed E-state index contributed by atoms with van der Waals surface area (Å²) < 4.78 is 7.17. The monoisotopic (exact) mass is 357 g/mol. The van der Waals surface area contributed by atoms with Crippen molar-refractivity contribution in [1.29, 1.82) is 0 Å². The fourth-order valence-corrected chi connectivity index (χ4v) is 3.01. The number of hydrogen-bond acceptors (Lipinski definition) is 3. The van der Waals surface area contributed by atoms with Crippen molar-refractivity contribution in [3.05, 3.63) is 84.2 Å². The van der Waals surface area contributed by atoms with Crippen molar-refractivity contribution in [2.45, 2.75) is 6.92 Å². The van der Waals surface area contributed by atoms with Gasteiger partial charge in [0.15, 0.2) is 0 Å². The van der Waals surface area contributed by atoms with Crippen molar-refractivity contribution in [1.82, 2.24) is 9.38 Å². The number of imidazole rings is 1. The van der Waals surface area contributed by atoms with E-state index in [-0.39, 0.29) is 5.91 Å². The lowest BCUT2D eigenvalue weighted by Gasteiger charge is -2.09. The standard InChI is InChI=1S/C22H19N3O2/c1-15-13-18(27-2)10-11-19(15)22(26)23-17-8-6-16(7-9-17)20-14-25-12-4-3-5-21(25)24-20/h3-14H,1-2H3,(H,23,26). The fourth-order valence-electron chi connectivity index (χ4n) is 3.01. The second kappa shape index (κ2) is 6.96. The van der Waals surface area contributed by atoms with Crippen molar-refractivity contribution in [2.75, 3.05) is 12.4 Å². The number of hydrogen-bond donors (Lipinski definition) is 1. The highest BCUT2D eigenvalue weighted by molar-refractivity contribution is 6.05. The fraction of sp³-hybridized carbons (Fsp3) is 0.0909. The summed E-state index contributed by atoms with van der Waals surface area (Å²) >= 11 is 0. The molecule has 0 saturated carbocycles. The summed E-state index contributed by atoms with van der Waals surface area (Å²) in [6, 6.07) is 19.0. The van der Waals surface area contributed by atoms with Gasteiger partial charge in [0.25, 0.3) is 5.91 Å². The molecular formula is C22H19N3O2. The van der Waals surface area contributed by atoms with E-state index in [2.05, 4.69) is 10.3 Å². The first-order chi connectivity index (χ1) is 13.1. The van der Waals surface area contributed by atoms with Crippen LogP contribution in [0, 0.1) is 6.92 Å². The zero-order chi connectivity index (χ0) is 18.8. The van der Waals surface area contributed by atoms with Gasteiger partial charge < -0.3 is 14.5 Å². The Kier molecular flexibility index (Phi) is 4.34. The lowest BCUT2D eigenvalue weighted by molar-refractivity contribution is 0.102. The number of carbonyl (C=O) groups excluding carboxylic acids is 1. The van der Waals surface area contributed by atoms with Gasteiger partial charge in [0.2, 0.25) is 0 Å². The van der Waals surface area contributed by atoms with Gasteiger partial charge in [-0.05, 0) is 55.0 Å². The Morgan fingerprint density at radius 3 is 2.59 bits per heavy atom. The topological polar surface area (TPSA) is 55.6 Å². The molecule has 0 aliphatic rings. The second-order valence-electron chi connectivity index (χ2n) is 6.30. The van der Waals surface area contributed by atoms with Gasteiger partial charge in [0.1, 0.15) is 11.4 Å². The van der Waals surface area contributed by atoms with Crippen LogP contribution in [0.25, 0.3) is 16.9 Å². The Bertz CT molecular complexity index is 1080. The minimum Gasteiger partial charge on any atom is -0.497 e. The average Bonchev–Trinajstić information content (AvgIpc) is 3.12. The Morgan fingerprint density at radius 2 is 1.89 bits per heavy atom. The molecule has 0 radical (unpaired) electrons. The number of carbonyl (C=O) groups is 1. The van der Waals surface area contributed by atoms with Gasteiger partial charge in [0, 0.05) is 29.2 Å². The molecule has 0 bridgehead atoms. The predicted octanol–water partition coefficient (Wildman–Crippen LogP) is 4.57. The van der Waals surface area contributed by atoms with E-state index in [1.54, 1.807) is 19.2 Å². The number of anilines is 1. The van der Waals surface area contributed by atoms with Crippen molar-refractivity contribution in [3.63, 3.8) is 0 Å². The molecule has 0 unspecified atom stereocenters. The number of pyridine rings is 1. The molecule has 4 rings (SSSR count). The molecule has 27 heavy (non-hydrogen) atoms. The Labute approximate surface area is 157 Å². The van der Waals surface area contributed by atoms with Crippen molar-refractivity contribution in [2.24, 2.45) is 0 Å². The van der Waals surface area contributed by atoms with Gasteiger partial charge in [-0.1, -0.05) is 18.2 Å². The molecule has 2 aromatic heterocycles. The quantitative estimate of drug-likeness (QED) is 0.582. The molecular weight excluding hydrogens is 338 g/mol. The maximum Gasteiger partial charge on any atom is 0.255 e. The number of ether oxygens (including phenoxy) is 1. The normalized spacial score (nSPS) is 10.7. The average molecular weight is 357 g/mol. The SMILES string of the molecule is COc1ccc(C(=O)Nc2ccc(-c3cn4ccccc4n3)cc2)c(C)c1. The van der Waals surface area contributed by atoms with E-state index in [1.165, 1.54) is 0 Å². The van der Waals surface area contributed by atoms with Crippen LogP contribution in [-0.2, 0) is 0 Å². The lowest BCUT2D eigenvalue weighted by Crippen LogP contribution is -2.13. The summed E-state index contributed by atoms with van der Waals surface area (Å²) in [5.74, 6) is 0.594. The molecule has 134 valence electrons. The molecule has 0 spiro atoms. The van der Waals surface area contributed by atoms with Crippen molar-refractivity contribution >= 4 is 17.2 Å². The molecule has 0 aliphatic heterocycles. The maximum absolute atomic E-state index is 12.5. The van der Waals surface area contributed by atoms with E-state index in [9.17, 15) is 4.79 Å². The first-order valence-electron chi connectivity index (χ1n) is 8.64. The number of aryl methyl sites for hydroxylation is 1. The number of nitrogens with zero attached hydrogens (tertiary/aromatic N) is 2. The number of rotatable bonds is 4. The third kappa shape index (κ3) is 3.40. The van der Waals surface area contributed by atoms with E-state index in [1.807, 2.05) is 72.2 Å². The number of nitrogens with one attached hydrogen (secondary N) is 1.